The molecule has 3 nitrogen and oxygen atoms in total. The largest absolute Gasteiger partial charge is 0.508 e. The third-order valence-electron chi connectivity index (χ3n) is 1.95. The lowest BCUT2D eigenvalue weighted by Gasteiger charge is -2.13. The Kier molecular flexibility index (Phi) is 3.21. The average molecular weight is 221 g/mol. The molecule has 0 aliphatic heterocycles. The molecule has 1 rings (SSSR count). The lowest BCUT2D eigenvalue weighted by molar-refractivity contribution is -0.137. The van der Waals surface area contributed by atoms with Gasteiger partial charge in [0, 0.05) is 5.56 Å². The van der Waals surface area contributed by atoms with Crippen molar-refractivity contribution in [2.24, 2.45) is 5.73 Å². The van der Waals surface area contributed by atoms with Crippen LogP contribution in [0.15, 0.2) is 18.2 Å². The van der Waals surface area contributed by atoms with Crippen molar-refractivity contribution in [1.82, 2.24) is 0 Å². The maximum absolute atomic E-state index is 12.2. The summed E-state index contributed by atoms with van der Waals surface area (Å²) in [5, 5.41) is 17.9. The Hall–Kier alpha value is -1.27. The first-order valence-electron chi connectivity index (χ1n) is 4.13. The van der Waals surface area contributed by atoms with Crippen molar-refractivity contribution in [2.75, 3.05) is 6.61 Å². The molecule has 0 aromatic heterocycles. The number of phenolic OH excluding ortho intramolecular Hbond substituents is 1. The lowest BCUT2D eigenvalue weighted by atomic mass is 10.0. The molecule has 0 fully saturated rings. The maximum atomic E-state index is 12.2. The minimum absolute atomic E-state index is 0.0884. The van der Waals surface area contributed by atoms with Gasteiger partial charge < -0.3 is 15.9 Å². The van der Waals surface area contributed by atoms with Crippen molar-refractivity contribution in [3.05, 3.63) is 29.3 Å². The summed E-state index contributed by atoms with van der Waals surface area (Å²) in [5.74, 6) is -0.564. The molecule has 6 heteroatoms. The third kappa shape index (κ3) is 2.60. The number of aliphatic hydroxyl groups excluding tert-OH is 1. The van der Waals surface area contributed by atoms with Gasteiger partial charge in [0.2, 0.25) is 0 Å². The molecule has 1 aromatic rings. The zero-order valence-corrected chi connectivity index (χ0v) is 7.62. The molecule has 0 aliphatic carbocycles. The van der Waals surface area contributed by atoms with Crippen LogP contribution in [-0.4, -0.2) is 16.8 Å². The highest BCUT2D eigenvalue weighted by atomic mass is 19.4. The summed E-state index contributed by atoms with van der Waals surface area (Å²) in [5.41, 5.74) is 4.50. The summed E-state index contributed by atoms with van der Waals surface area (Å²) in [7, 11) is 0. The topological polar surface area (TPSA) is 66.5 Å². The second-order valence-corrected chi connectivity index (χ2v) is 3.06. The van der Waals surface area contributed by atoms with Crippen LogP contribution in [0.3, 0.4) is 0 Å². The molecule has 0 saturated carbocycles. The molecule has 0 heterocycles. The van der Waals surface area contributed by atoms with E-state index in [1.807, 2.05) is 0 Å². The summed E-state index contributed by atoms with van der Waals surface area (Å²) in [4.78, 5) is 0. The van der Waals surface area contributed by atoms with E-state index >= 15 is 0 Å². The van der Waals surface area contributed by atoms with E-state index in [4.69, 9.17) is 10.8 Å². The SMILES string of the molecule is NC(CO)c1ccc(C(F)(F)F)cc1O. The highest BCUT2D eigenvalue weighted by molar-refractivity contribution is 5.39. The van der Waals surface area contributed by atoms with E-state index in [9.17, 15) is 18.3 Å². The highest BCUT2D eigenvalue weighted by Crippen LogP contribution is 2.33. The molecular formula is C9H10F3NO2. The second-order valence-electron chi connectivity index (χ2n) is 3.06. The van der Waals surface area contributed by atoms with Gasteiger partial charge in [-0.15, -0.1) is 0 Å². The Morgan fingerprint density at radius 2 is 1.93 bits per heavy atom. The number of benzene rings is 1. The van der Waals surface area contributed by atoms with Crippen LogP contribution in [0.25, 0.3) is 0 Å². The number of aliphatic hydroxyl groups is 1. The molecule has 0 spiro atoms. The van der Waals surface area contributed by atoms with E-state index in [1.165, 1.54) is 0 Å². The normalized spacial score (nSPS) is 13.9. The van der Waals surface area contributed by atoms with Gasteiger partial charge in [-0.05, 0) is 12.1 Å². The number of nitrogens with two attached hydrogens (primary N) is 1. The summed E-state index contributed by atoms with van der Waals surface area (Å²) in [6, 6.07) is 1.57. The van der Waals surface area contributed by atoms with Crippen molar-refractivity contribution < 1.29 is 23.4 Å². The van der Waals surface area contributed by atoms with Gasteiger partial charge in [0.15, 0.2) is 0 Å². The maximum Gasteiger partial charge on any atom is 0.416 e. The van der Waals surface area contributed by atoms with Crippen molar-refractivity contribution in [1.29, 1.82) is 0 Å². The molecule has 0 aliphatic rings. The van der Waals surface area contributed by atoms with Gasteiger partial charge in [0.05, 0.1) is 18.2 Å². The Morgan fingerprint density at radius 3 is 2.33 bits per heavy atom. The number of halogens is 3. The van der Waals surface area contributed by atoms with Crippen molar-refractivity contribution in [2.45, 2.75) is 12.2 Å². The van der Waals surface area contributed by atoms with E-state index in [-0.39, 0.29) is 5.56 Å². The minimum atomic E-state index is -4.50. The molecule has 1 unspecified atom stereocenters. The molecule has 0 radical (unpaired) electrons. The number of alkyl halides is 3. The van der Waals surface area contributed by atoms with Gasteiger partial charge in [0.1, 0.15) is 5.75 Å². The third-order valence-corrected chi connectivity index (χ3v) is 1.95. The van der Waals surface area contributed by atoms with Gasteiger partial charge in [-0.1, -0.05) is 6.07 Å². The molecule has 0 saturated heterocycles. The first kappa shape index (κ1) is 11.8. The lowest BCUT2D eigenvalue weighted by Crippen LogP contribution is -2.15. The highest BCUT2D eigenvalue weighted by Gasteiger charge is 2.31. The summed E-state index contributed by atoms with van der Waals surface area (Å²) in [6.45, 7) is -0.446. The number of hydrogen-bond acceptors (Lipinski definition) is 3. The fourth-order valence-corrected chi connectivity index (χ4v) is 1.13. The number of aromatic hydroxyl groups is 1. The van der Waals surface area contributed by atoms with Crippen molar-refractivity contribution >= 4 is 0 Å². The van der Waals surface area contributed by atoms with E-state index in [2.05, 4.69) is 0 Å². The molecular weight excluding hydrogens is 211 g/mol. The molecule has 4 N–H and O–H groups in total. The minimum Gasteiger partial charge on any atom is -0.508 e. The molecule has 1 aromatic carbocycles. The van der Waals surface area contributed by atoms with Crippen molar-refractivity contribution in [3.8, 4) is 5.75 Å². The zero-order valence-electron chi connectivity index (χ0n) is 7.62. The van der Waals surface area contributed by atoms with Crippen LogP contribution in [0.5, 0.6) is 5.75 Å². The quantitative estimate of drug-likeness (QED) is 0.707. The first-order valence-corrected chi connectivity index (χ1v) is 4.13. The standard InChI is InChI=1S/C9H10F3NO2/c10-9(11,12)5-1-2-6(7(13)4-14)8(15)3-5/h1-3,7,14-15H,4,13H2. The summed E-state index contributed by atoms with van der Waals surface area (Å²) < 4.78 is 36.6. The van der Waals surface area contributed by atoms with Crippen LogP contribution in [0, 0.1) is 0 Å². The van der Waals surface area contributed by atoms with E-state index in [0.717, 1.165) is 12.1 Å². The number of phenols is 1. The predicted molar refractivity (Wildman–Crippen MR) is 47.1 cm³/mol. The first-order chi connectivity index (χ1) is 6.86. The number of rotatable bonds is 2. The van der Waals surface area contributed by atoms with E-state index < -0.39 is 30.1 Å². The summed E-state index contributed by atoms with van der Waals surface area (Å²) >= 11 is 0. The van der Waals surface area contributed by atoms with Crippen LogP contribution in [0.1, 0.15) is 17.2 Å². The van der Waals surface area contributed by atoms with E-state index in [0.29, 0.717) is 6.07 Å². The fourth-order valence-electron chi connectivity index (χ4n) is 1.13. The zero-order chi connectivity index (χ0) is 11.6. The number of hydrogen-bond donors (Lipinski definition) is 3. The van der Waals surface area contributed by atoms with Crippen LogP contribution in [0.2, 0.25) is 0 Å². The van der Waals surface area contributed by atoms with Crippen molar-refractivity contribution in [3.63, 3.8) is 0 Å². The molecule has 1 atom stereocenters. The predicted octanol–water partition coefficient (Wildman–Crippen LogP) is 1.40. The Labute approximate surface area is 84.0 Å². The van der Waals surface area contributed by atoms with Gasteiger partial charge in [0.25, 0.3) is 0 Å². The van der Waals surface area contributed by atoms with Crippen LogP contribution in [0.4, 0.5) is 13.2 Å². The molecule has 84 valence electrons. The van der Waals surface area contributed by atoms with Gasteiger partial charge in [-0.2, -0.15) is 13.2 Å². The van der Waals surface area contributed by atoms with Gasteiger partial charge in [-0.25, -0.2) is 0 Å². The Balaban J connectivity index is 3.09. The van der Waals surface area contributed by atoms with Crippen LogP contribution < -0.4 is 5.73 Å². The Bertz CT molecular complexity index is 352. The molecule has 0 bridgehead atoms. The summed E-state index contributed by atoms with van der Waals surface area (Å²) in [6.07, 6.45) is -4.50. The fraction of sp³-hybridized carbons (Fsp3) is 0.333. The smallest absolute Gasteiger partial charge is 0.416 e. The second kappa shape index (κ2) is 4.08. The molecule has 0 amide bonds. The van der Waals surface area contributed by atoms with Crippen LogP contribution >= 0.6 is 0 Å². The molecule has 15 heavy (non-hydrogen) atoms. The van der Waals surface area contributed by atoms with Gasteiger partial charge >= 0.3 is 6.18 Å². The Morgan fingerprint density at radius 1 is 1.33 bits per heavy atom. The monoisotopic (exact) mass is 221 g/mol. The van der Waals surface area contributed by atoms with Gasteiger partial charge in [-0.3, -0.25) is 0 Å². The average Bonchev–Trinajstić information content (AvgIpc) is 2.15. The van der Waals surface area contributed by atoms with E-state index in [1.54, 1.807) is 0 Å². The van der Waals surface area contributed by atoms with Crippen LogP contribution in [-0.2, 0) is 6.18 Å².